The zero-order chi connectivity index (χ0) is 20.8. The molecule has 0 radical (unpaired) electrons. The van der Waals surface area contributed by atoms with Gasteiger partial charge in [0.1, 0.15) is 5.69 Å². The summed E-state index contributed by atoms with van der Waals surface area (Å²) in [6.45, 7) is 14.1. The summed E-state index contributed by atoms with van der Waals surface area (Å²) in [5.74, 6) is -0.981. The van der Waals surface area contributed by atoms with Gasteiger partial charge >= 0.3 is 5.97 Å². The third-order valence-corrected chi connectivity index (χ3v) is 5.24. The molecule has 0 bridgehead atoms. The highest BCUT2D eigenvalue weighted by atomic mass is 35.5. The Morgan fingerprint density at radius 1 is 1.29 bits per heavy atom. The van der Waals surface area contributed by atoms with Crippen LogP contribution >= 0.6 is 23.4 Å². The topological polar surface area (TPSA) is 42.2 Å². The lowest BCUT2D eigenvalue weighted by atomic mass is 10.2. The minimum atomic E-state index is -0.981. The SMILES string of the molecule is C=C(C)/C=C\C(=C)Cn1c(C(=O)O)c(S/C(C)=C/C=C\C)c2cc(Cl)ccc21. The number of thioether (sulfide) groups is 1. The van der Waals surface area contributed by atoms with Crippen molar-refractivity contribution in [2.75, 3.05) is 0 Å². The largest absolute Gasteiger partial charge is 0.477 e. The van der Waals surface area contributed by atoms with Gasteiger partial charge in [0, 0.05) is 17.0 Å². The fraction of sp³-hybridized carbons (Fsp3) is 0.174. The Balaban J connectivity index is 2.66. The number of hydrogen-bond acceptors (Lipinski definition) is 2. The van der Waals surface area contributed by atoms with Gasteiger partial charge in [-0.15, -0.1) is 0 Å². The van der Waals surface area contributed by atoms with Crippen LogP contribution in [0.1, 0.15) is 31.3 Å². The van der Waals surface area contributed by atoms with Crippen LogP contribution in [0.15, 0.2) is 82.7 Å². The fourth-order valence-corrected chi connectivity index (χ4v) is 3.93. The minimum absolute atomic E-state index is 0.236. The Kier molecular flexibility index (Phi) is 7.55. The normalized spacial score (nSPS) is 12.4. The van der Waals surface area contributed by atoms with E-state index in [-0.39, 0.29) is 5.69 Å². The zero-order valence-corrected chi connectivity index (χ0v) is 17.9. The summed E-state index contributed by atoms with van der Waals surface area (Å²) >= 11 is 7.64. The number of carboxylic acid groups (broad SMARTS) is 1. The van der Waals surface area contributed by atoms with E-state index in [1.807, 2.05) is 63.3 Å². The van der Waals surface area contributed by atoms with Crippen LogP contribution in [-0.4, -0.2) is 15.6 Å². The Bertz CT molecular complexity index is 1020. The average molecular weight is 414 g/mol. The predicted octanol–water partition coefficient (Wildman–Crippen LogP) is 7.25. The number of carboxylic acids is 1. The number of halogens is 1. The van der Waals surface area contributed by atoms with E-state index in [2.05, 4.69) is 13.2 Å². The number of carbonyl (C=O) groups is 1. The second kappa shape index (κ2) is 9.67. The third kappa shape index (κ3) is 5.31. The molecule has 3 nitrogen and oxygen atoms in total. The van der Waals surface area contributed by atoms with Gasteiger partial charge in [-0.1, -0.05) is 72.5 Å². The summed E-state index contributed by atoms with van der Waals surface area (Å²) in [5, 5.41) is 11.4. The number of hydrogen-bond donors (Lipinski definition) is 1. The number of fused-ring (bicyclic) bond motifs is 1. The molecule has 0 aliphatic rings. The third-order valence-electron chi connectivity index (χ3n) is 3.93. The lowest BCUT2D eigenvalue weighted by molar-refractivity contribution is 0.0682. The van der Waals surface area contributed by atoms with Gasteiger partial charge in [-0.25, -0.2) is 4.79 Å². The van der Waals surface area contributed by atoms with Crippen LogP contribution in [0.3, 0.4) is 0 Å². The van der Waals surface area contributed by atoms with Crippen molar-refractivity contribution in [3.05, 3.63) is 88.5 Å². The molecule has 0 saturated heterocycles. The molecule has 0 unspecified atom stereocenters. The van der Waals surface area contributed by atoms with Crippen molar-refractivity contribution in [1.82, 2.24) is 4.57 Å². The van der Waals surface area contributed by atoms with E-state index < -0.39 is 5.97 Å². The van der Waals surface area contributed by atoms with E-state index in [4.69, 9.17) is 11.6 Å². The summed E-state index contributed by atoms with van der Waals surface area (Å²) in [6, 6.07) is 5.45. The van der Waals surface area contributed by atoms with Gasteiger partial charge in [-0.3, -0.25) is 0 Å². The molecule has 0 aliphatic heterocycles. The van der Waals surface area contributed by atoms with Gasteiger partial charge in [-0.2, -0.15) is 0 Å². The summed E-state index contributed by atoms with van der Waals surface area (Å²) in [4.78, 5) is 13.8. The second-order valence-electron chi connectivity index (χ2n) is 6.47. The van der Waals surface area contributed by atoms with Crippen molar-refractivity contribution in [3.63, 3.8) is 0 Å². The van der Waals surface area contributed by atoms with Crippen molar-refractivity contribution >= 4 is 40.2 Å². The van der Waals surface area contributed by atoms with Crippen molar-refractivity contribution in [2.24, 2.45) is 0 Å². The van der Waals surface area contributed by atoms with Gasteiger partial charge in [0.2, 0.25) is 0 Å². The molecule has 0 aliphatic carbocycles. The lowest BCUT2D eigenvalue weighted by Crippen LogP contribution is -2.10. The molecule has 28 heavy (non-hydrogen) atoms. The number of aromatic nitrogens is 1. The predicted molar refractivity (Wildman–Crippen MR) is 121 cm³/mol. The van der Waals surface area contributed by atoms with Crippen LogP contribution in [0.5, 0.6) is 0 Å². The van der Waals surface area contributed by atoms with Crippen molar-refractivity contribution < 1.29 is 9.90 Å². The van der Waals surface area contributed by atoms with Crippen LogP contribution in [-0.2, 0) is 6.54 Å². The maximum Gasteiger partial charge on any atom is 0.353 e. The zero-order valence-electron chi connectivity index (χ0n) is 16.3. The molecule has 146 valence electrons. The van der Waals surface area contributed by atoms with E-state index >= 15 is 0 Å². The number of benzene rings is 1. The lowest BCUT2D eigenvalue weighted by Gasteiger charge is -2.09. The van der Waals surface area contributed by atoms with E-state index in [0.717, 1.165) is 27.0 Å². The first-order valence-corrected chi connectivity index (χ1v) is 9.97. The van der Waals surface area contributed by atoms with Crippen molar-refractivity contribution in [3.8, 4) is 0 Å². The fourth-order valence-electron chi connectivity index (χ4n) is 2.72. The van der Waals surface area contributed by atoms with Crippen LogP contribution in [0.4, 0.5) is 0 Å². The van der Waals surface area contributed by atoms with Crippen molar-refractivity contribution in [1.29, 1.82) is 0 Å². The van der Waals surface area contributed by atoms with Gasteiger partial charge in [0.05, 0.1) is 10.4 Å². The van der Waals surface area contributed by atoms with Crippen molar-refractivity contribution in [2.45, 2.75) is 32.2 Å². The Labute approximate surface area is 175 Å². The van der Waals surface area contributed by atoms with Crippen LogP contribution < -0.4 is 0 Å². The smallest absolute Gasteiger partial charge is 0.353 e. The van der Waals surface area contributed by atoms with Crippen LogP contribution in [0.25, 0.3) is 10.9 Å². The standard InChI is InChI=1S/C23H24ClNO2S/c1-6-7-8-17(5)28-22-19-13-18(24)11-12-20(19)25(21(22)23(26)27)14-16(4)10-9-15(2)3/h6-13H,2,4,14H2,1,3,5H3,(H,26,27)/b7-6-,10-9-,17-8+. The number of nitrogens with zero attached hydrogens (tertiary/aromatic N) is 1. The highest BCUT2D eigenvalue weighted by molar-refractivity contribution is 8.03. The molecule has 1 aromatic carbocycles. The van der Waals surface area contributed by atoms with E-state index in [1.54, 1.807) is 10.6 Å². The minimum Gasteiger partial charge on any atom is -0.477 e. The molecule has 2 rings (SSSR count). The Hall–Kier alpha value is -2.43. The Morgan fingerprint density at radius 3 is 2.61 bits per heavy atom. The molecule has 1 aromatic heterocycles. The highest BCUT2D eigenvalue weighted by Crippen LogP contribution is 2.39. The maximum absolute atomic E-state index is 12.2. The number of aromatic carboxylic acids is 1. The summed E-state index contributed by atoms with van der Waals surface area (Å²) < 4.78 is 1.78. The molecular weight excluding hydrogens is 390 g/mol. The summed E-state index contributed by atoms with van der Waals surface area (Å²) in [5.41, 5.74) is 2.74. The molecule has 0 spiro atoms. The number of rotatable bonds is 8. The molecular formula is C23H24ClNO2S. The van der Waals surface area contributed by atoms with E-state index in [0.29, 0.717) is 16.5 Å². The van der Waals surface area contributed by atoms with Crippen LogP contribution in [0, 0.1) is 0 Å². The summed E-state index contributed by atoms with van der Waals surface area (Å²) in [7, 11) is 0. The molecule has 0 atom stereocenters. The van der Waals surface area contributed by atoms with E-state index in [1.165, 1.54) is 11.8 Å². The first kappa shape index (κ1) is 21.9. The number of allylic oxidation sites excluding steroid dienone is 8. The van der Waals surface area contributed by atoms with Gasteiger partial charge in [0.15, 0.2) is 0 Å². The molecule has 2 aromatic rings. The molecule has 0 amide bonds. The summed E-state index contributed by atoms with van der Waals surface area (Å²) in [6.07, 6.45) is 9.54. The van der Waals surface area contributed by atoms with Crippen LogP contribution in [0.2, 0.25) is 5.02 Å². The Morgan fingerprint density at radius 2 is 2.00 bits per heavy atom. The van der Waals surface area contributed by atoms with Gasteiger partial charge in [0.25, 0.3) is 0 Å². The second-order valence-corrected chi connectivity index (χ2v) is 8.17. The highest BCUT2D eigenvalue weighted by Gasteiger charge is 2.23. The average Bonchev–Trinajstić information content (AvgIpc) is 2.91. The molecule has 1 heterocycles. The first-order chi connectivity index (χ1) is 13.2. The quantitative estimate of drug-likeness (QED) is 0.366. The monoisotopic (exact) mass is 413 g/mol. The first-order valence-electron chi connectivity index (χ1n) is 8.78. The van der Waals surface area contributed by atoms with Gasteiger partial charge in [-0.05, 0) is 49.4 Å². The maximum atomic E-state index is 12.2. The molecule has 1 N–H and O–H groups in total. The molecule has 0 fully saturated rings. The van der Waals surface area contributed by atoms with E-state index in [9.17, 15) is 9.90 Å². The molecule has 0 saturated carbocycles. The van der Waals surface area contributed by atoms with Gasteiger partial charge < -0.3 is 9.67 Å². The molecule has 5 heteroatoms.